The monoisotopic (exact) mass is 306 g/mol. The zero-order valence-electron chi connectivity index (χ0n) is 12.4. The lowest BCUT2D eigenvalue weighted by Gasteiger charge is -2.23. The Morgan fingerprint density at radius 3 is 3.19 bits per heavy atom. The highest BCUT2D eigenvalue weighted by atomic mass is 32.1. The molecular formula is C16H22N2O2S. The van der Waals surface area contributed by atoms with Crippen LogP contribution in [-0.4, -0.2) is 34.2 Å². The van der Waals surface area contributed by atoms with E-state index in [0.29, 0.717) is 6.04 Å². The first-order valence-electron chi connectivity index (χ1n) is 7.61. The number of aliphatic hydroxyl groups excluding tert-OH is 1. The van der Waals surface area contributed by atoms with Gasteiger partial charge < -0.3 is 9.52 Å². The van der Waals surface area contributed by atoms with Crippen molar-refractivity contribution >= 4 is 11.3 Å². The van der Waals surface area contributed by atoms with E-state index in [2.05, 4.69) is 15.3 Å². The molecule has 0 radical (unpaired) electrons. The molecule has 2 aromatic rings. The first-order chi connectivity index (χ1) is 10.3. The number of aliphatic hydroxyl groups is 1. The van der Waals surface area contributed by atoms with Gasteiger partial charge in [0.25, 0.3) is 0 Å². The van der Waals surface area contributed by atoms with Gasteiger partial charge in [0.1, 0.15) is 5.76 Å². The van der Waals surface area contributed by atoms with Crippen molar-refractivity contribution in [3.05, 3.63) is 28.3 Å². The summed E-state index contributed by atoms with van der Waals surface area (Å²) in [5.74, 6) is 1.65. The Kier molecular flexibility index (Phi) is 4.73. The van der Waals surface area contributed by atoms with Crippen LogP contribution < -0.4 is 0 Å². The third-order valence-corrected chi connectivity index (χ3v) is 4.89. The molecule has 0 aromatic carbocycles. The minimum Gasteiger partial charge on any atom is -0.441 e. The van der Waals surface area contributed by atoms with E-state index in [4.69, 9.17) is 9.52 Å². The molecule has 1 aliphatic heterocycles. The topological polar surface area (TPSA) is 49.5 Å². The van der Waals surface area contributed by atoms with Crippen LogP contribution in [0.5, 0.6) is 0 Å². The quantitative estimate of drug-likeness (QED) is 0.888. The van der Waals surface area contributed by atoms with Gasteiger partial charge in [-0.2, -0.15) is 11.3 Å². The highest BCUT2D eigenvalue weighted by Crippen LogP contribution is 2.27. The van der Waals surface area contributed by atoms with E-state index in [1.54, 1.807) is 11.3 Å². The van der Waals surface area contributed by atoms with E-state index in [1.165, 1.54) is 12.8 Å². The van der Waals surface area contributed by atoms with Gasteiger partial charge in [0.05, 0.1) is 5.69 Å². The molecule has 1 atom stereocenters. The summed E-state index contributed by atoms with van der Waals surface area (Å²) >= 11 is 1.66. The van der Waals surface area contributed by atoms with Gasteiger partial charge in [0.15, 0.2) is 0 Å². The van der Waals surface area contributed by atoms with Crippen LogP contribution in [-0.2, 0) is 6.54 Å². The van der Waals surface area contributed by atoms with Gasteiger partial charge in [0, 0.05) is 30.1 Å². The van der Waals surface area contributed by atoms with Gasteiger partial charge in [-0.3, -0.25) is 4.90 Å². The predicted molar refractivity (Wildman–Crippen MR) is 84.3 cm³/mol. The minimum atomic E-state index is 0.287. The highest BCUT2D eigenvalue weighted by Gasteiger charge is 2.25. The number of thiophene rings is 1. The summed E-state index contributed by atoms with van der Waals surface area (Å²) in [7, 11) is 0. The Morgan fingerprint density at radius 2 is 2.43 bits per heavy atom. The first kappa shape index (κ1) is 14.8. The zero-order chi connectivity index (χ0) is 14.7. The standard InChI is InChI=1S/C16H22N2O2S/c1-12-15(17-16(20-12)13-6-9-21-11-13)10-18-7-2-4-14(18)5-3-8-19/h6,9,11,14,19H,2-5,7-8,10H2,1H3. The SMILES string of the molecule is Cc1oc(-c2ccsc2)nc1CN1CCCC1CCCO. The lowest BCUT2D eigenvalue weighted by atomic mass is 10.1. The molecule has 1 aliphatic rings. The van der Waals surface area contributed by atoms with Crippen LogP contribution in [0.15, 0.2) is 21.2 Å². The van der Waals surface area contributed by atoms with Crippen molar-refractivity contribution in [1.82, 2.24) is 9.88 Å². The van der Waals surface area contributed by atoms with Crippen molar-refractivity contribution in [2.45, 2.75) is 45.2 Å². The first-order valence-corrected chi connectivity index (χ1v) is 8.56. The Hall–Kier alpha value is -1.17. The number of rotatable bonds is 6. The smallest absolute Gasteiger partial charge is 0.227 e. The minimum absolute atomic E-state index is 0.287. The van der Waals surface area contributed by atoms with E-state index in [-0.39, 0.29) is 6.61 Å². The van der Waals surface area contributed by atoms with Gasteiger partial charge in [-0.15, -0.1) is 0 Å². The number of nitrogens with zero attached hydrogens (tertiary/aromatic N) is 2. The summed E-state index contributed by atoms with van der Waals surface area (Å²) in [5.41, 5.74) is 2.11. The molecule has 114 valence electrons. The van der Waals surface area contributed by atoms with Crippen LogP contribution in [0.2, 0.25) is 0 Å². The summed E-state index contributed by atoms with van der Waals surface area (Å²) in [5, 5.41) is 13.1. The van der Waals surface area contributed by atoms with E-state index in [0.717, 1.165) is 48.8 Å². The normalized spacial score (nSPS) is 19.4. The molecule has 1 N–H and O–H groups in total. The molecule has 3 rings (SSSR count). The lowest BCUT2D eigenvalue weighted by Crippen LogP contribution is -2.29. The third kappa shape index (κ3) is 3.36. The Balaban J connectivity index is 1.70. The van der Waals surface area contributed by atoms with Crippen molar-refractivity contribution in [1.29, 1.82) is 0 Å². The van der Waals surface area contributed by atoms with Crippen LogP contribution in [0, 0.1) is 6.92 Å². The number of oxazole rings is 1. The fourth-order valence-corrected chi connectivity index (χ4v) is 3.66. The van der Waals surface area contributed by atoms with Crippen LogP contribution in [0.3, 0.4) is 0 Å². The van der Waals surface area contributed by atoms with Crippen molar-refractivity contribution < 1.29 is 9.52 Å². The fraction of sp³-hybridized carbons (Fsp3) is 0.562. The Labute approximate surface area is 129 Å². The Bertz CT molecular complexity index is 565. The molecule has 2 aromatic heterocycles. The van der Waals surface area contributed by atoms with Crippen LogP contribution in [0.4, 0.5) is 0 Å². The largest absolute Gasteiger partial charge is 0.441 e. The van der Waals surface area contributed by atoms with Crippen LogP contribution in [0.1, 0.15) is 37.1 Å². The van der Waals surface area contributed by atoms with Gasteiger partial charge in [-0.05, 0) is 50.6 Å². The second-order valence-electron chi connectivity index (χ2n) is 5.67. The molecule has 0 amide bonds. The van der Waals surface area contributed by atoms with Gasteiger partial charge in [-0.25, -0.2) is 4.98 Å². The maximum absolute atomic E-state index is 9.01. The van der Waals surface area contributed by atoms with Gasteiger partial charge in [0.2, 0.25) is 5.89 Å². The molecule has 1 saturated heterocycles. The summed E-state index contributed by atoms with van der Waals surface area (Å²) in [6, 6.07) is 2.62. The zero-order valence-corrected chi connectivity index (χ0v) is 13.2. The molecule has 0 bridgehead atoms. The van der Waals surface area contributed by atoms with E-state index < -0.39 is 0 Å². The number of likely N-dealkylation sites (tertiary alicyclic amines) is 1. The van der Waals surface area contributed by atoms with E-state index in [9.17, 15) is 0 Å². The number of aryl methyl sites for hydroxylation is 1. The number of aromatic nitrogens is 1. The Morgan fingerprint density at radius 1 is 1.52 bits per heavy atom. The van der Waals surface area contributed by atoms with Crippen molar-refractivity contribution in [3.8, 4) is 11.5 Å². The molecule has 1 unspecified atom stereocenters. The average Bonchev–Trinajstić information content (AvgIpc) is 3.19. The molecule has 21 heavy (non-hydrogen) atoms. The predicted octanol–water partition coefficient (Wildman–Crippen LogP) is 3.45. The fourth-order valence-electron chi connectivity index (χ4n) is 3.03. The molecular weight excluding hydrogens is 284 g/mol. The summed E-state index contributed by atoms with van der Waals surface area (Å²) in [6.07, 6.45) is 4.43. The summed E-state index contributed by atoms with van der Waals surface area (Å²) in [4.78, 5) is 7.16. The molecule has 1 fully saturated rings. The van der Waals surface area contributed by atoms with Gasteiger partial charge >= 0.3 is 0 Å². The van der Waals surface area contributed by atoms with E-state index >= 15 is 0 Å². The number of hydrogen-bond donors (Lipinski definition) is 1. The van der Waals surface area contributed by atoms with Crippen LogP contribution in [0.25, 0.3) is 11.5 Å². The summed E-state index contributed by atoms with van der Waals surface area (Å²) < 4.78 is 5.81. The van der Waals surface area contributed by atoms with Gasteiger partial charge in [-0.1, -0.05) is 0 Å². The van der Waals surface area contributed by atoms with Crippen LogP contribution >= 0.6 is 11.3 Å². The lowest BCUT2D eigenvalue weighted by molar-refractivity contribution is 0.208. The molecule has 0 aliphatic carbocycles. The third-order valence-electron chi connectivity index (χ3n) is 4.21. The average molecular weight is 306 g/mol. The molecule has 0 spiro atoms. The van der Waals surface area contributed by atoms with Crippen molar-refractivity contribution in [2.75, 3.05) is 13.2 Å². The summed E-state index contributed by atoms with van der Waals surface area (Å²) in [6.45, 7) is 4.26. The molecule has 4 nitrogen and oxygen atoms in total. The molecule has 0 saturated carbocycles. The maximum Gasteiger partial charge on any atom is 0.227 e. The van der Waals surface area contributed by atoms with Crippen molar-refractivity contribution in [3.63, 3.8) is 0 Å². The highest BCUT2D eigenvalue weighted by molar-refractivity contribution is 7.08. The number of hydrogen-bond acceptors (Lipinski definition) is 5. The second-order valence-corrected chi connectivity index (χ2v) is 6.45. The second kappa shape index (κ2) is 6.73. The molecule has 5 heteroatoms. The van der Waals surface area contributed by atoms with Crippen molar-refractivity contribution in [2.24, 2.45) is 0 Å². The van der Waals surface area contributed by atoms with E-state index in [1.807, 2.05) is 18.4 Å². The maximum atomic E-state index is 9.01. The molecule has 3 heterocycles.